The van der Waals surface area contributed by atoms with Crippen molar-refractivity contribution in [2.45, 2.75) is 18.7 Å². The molecule has 11 heteroatoms. The summed E-state index contributed by atoms with van der Waals surface area (Å²) < 4.78 is 27.0. The van der Waals surface area contributed by atoms with Crippen LogP contribution in [0.1, 0.15) is 32.1 Å². The highest BCUT2D eigenvalue weighted by atomic mass is 32.2. The summed E-state index contributed by atoms with van der Waals surface area (Å²) in [7, 11) is -0.888. The number of rotatable bonds is 4. The molecule has 3 aromatic rings. The van der Waals surface area contributed by atoms with Crippen molar-refractivity contribution in [2.75, 3.05) is 14.1 Å². The fourth-order valence-electron chi connectivity index (χ4n) is 2.69. The maximum Gasteiger partial charge on any atom is 0.275 e. The number of nitrogens with one attached hydrogen (secondary N) is 2. The molecule has 2 aromatic heterocycles. The Hall–Kier alpha value is -3.31. The molecule has 0 fully saturated rings. The summed E-state index contributed by atoms with van der Waals surface area (Å²) in [5.74, 6) is -1.26. The Morgan fingerprint density at radius 2 is 1.76 bits per heavy atom. The highest BCUT2D eigenvalue weighted by Gasteiger charge is 2.20. The quantitative estimate of drug-likeness (QED) is 0.602. The first-order valence-electron chi connectivity index (χ1n) is 8.56. The number of amides is 2. The van der Waals surface area contributed by atoms with E-state index in [4.69, 9.17) is 0 Å². The number of carbonyl (C=O) groups is 2. The lowest BCUT2D eigenvalue weighted by atomic mass is 10.2. The molecule has 0 saturated carbocycles. The van der Waals surface area contributed by atoms with Gasteiger partial charge >= 0.3 is 0 Å². The predicted octanol–water partition coefficient (Wildman–Crippen LogP) is 0.671. The van der Waals surface area contributed by atoms with Crippen molar-refractivity contribution in [3.63, 3.8) is 0 Å². The highest BCUT2D eigenvalue weighted by Crippen LogP contribution is 2.15. The molecule has 0 atom stereocenters. The van der Waals surface area contributed by atoms with Gasteiger partial charge < -0.3 is 0 Å². The summed E-state index contributed by atoms with van der Waals surface area (Å²) in [5, 5.41) is 4.13. The van der Waals surface area contributed by atoms with Gasteiger partial charge in [-0.2, -0.15) is 5.10 Å². The number of carbonyl (C=O) groups excluding carboxylic acids is 2. The predicted molar refractivity (Wildman–Crippen MR) is 105 cm³/mol. The van der Waals surface area contributed by atoms with Crippen molar-refractivity contribution < 1.29 is 18.0 Å². The number of hydrogen-bond acceptors (Lipinski definition) is 6. The fraction of sp³-hybridized carbons (Fsp3) is 0.222. The molecular formula is C18H20N6O4S. The van der Waals surface area contributed by atoms with Crippen LogP contribution >= 0.6 is 0 Å². The van der Waals surface area contributed by atoms with Crippen LogP contribution < -0.4 is 10.9 Å². The molecule has 152 valence electrons. The Morgan fingerprint density at radius 3 is 2.45 bits per heavy atom. The topological polar surface area (TPSA) is 126 Å². The Bertz CT molecular complexity index is 1220. The van der Waals surface area contributed by atoms with E-state index in [0.717, 1.165) is 15.7 Å². The number of hydrazine groups is 1. The number of fused-ring (bicyclic) bond motifs is 1. The molecule has 2 amide bonds. The minimum atomic E-state index is -3.69. The molecule has 0 unspecified atom stereocenters. The number of aryl methyl sites for hydroxylation is 2. The Morgan fingerprint density at radius 1 is 1.07 bits per heavy atom. The molecule has 0 bridgehead atoms. The molecule has 29 heavy (non-hydrogen) atoms. The second-order valence-electron chi connectivity index (χ2n) is 6.56. The fourth-order valence-corrected chi connectivity index (χ4v) is 3.64. The van der Waals surface area contributed by atoms with E-state index in [9.17, 15) is 18.0 Å². The van der Waals surface area contributed by atoms with E-state index in [1.165, 1.54) is 49.1 Å². The van der Waals surface area contributed by atoms with Crippen LogP contribution in [-0.2, 0) is 10.0 Å². The summed E-state index contributed by atoms with van der Waals surface area (Å²) in [6.07, 6.45) is 1.36. The maximum absolute atomic E-state index is 12.5. The summed E-state index contributed by atoms with van der Waals surface area (Å²) in [4.78, 5) is 29.1. The first-order chi connectivity index (χ1) is 13.6. The Balaban J connectivity index is 1.77. The van der Waals surface area contributed by atoms with E-state index in [1.54, 1.807) is 6.92 Å². The molecule has 3 rings (SSSR count). The molecule has 0 radical (unpaired) electrons. The van der Waals surface area contributed by atoms with Gasteiger partial charge in [-0.3, -0.25) is 20.4 Å². The average Bonchev–Trinajstić information content (AvgIpc) is 3.10. The zero-order valence-electron chi connectivity index (χ0n) is 16.3. The monoisotopic (exact) mass is 416 g/mol. The number of sulfonamides is 1. The van der Waals surface area contributed by atoms with Gasteiger partial charge in [0.1, 0.15) is 5.56 Å². The van der Waals surface area contributed by atoms with Crippen molar-refractivity contribution in [1.29, 1.82) is 0 Å². The van der Waals surface area contributed by atoms with Gasteiger partial charge in [-0.15, -0.1) is 0 Å². The third kappa shape index (κ3) is 3.96. The van der Waals surface area contributed by atoms with Gasteiger partial charge in [0.15, 0.2) is 5.65 Å². The smallest absolute Gasteiger partial charge is 0.267 e. The van der Waals surface area contributed by atoms with E-state index >= 15 is 0 Å². The average molecular weight is 416 g/mol. The number of hydrogen-bond donors (Lipinski definition) is 2. The lowest BCUT2D eigenvalue weighted by Crippen LogP contribution is -2.41. The van der Waals surface area contributed by atoms with Gasteiger partial charge in [0.25, 0.3) is 11.8 Å². The second-order valence-corrected chi connectivity index (χ2v) is 8.71. The summed E-state index contributed by atoms with van der Waals surface area (Å²) in [6.45, 7) is 3.64. The minimum Gasteiger partial charge on any atom is -0.267 e. The summed E-state index contributed by atoms with van der Waals surface area (Å²) in [5.41, 5.74) is 6.77. The van der Waals surface area contributed by atoms with Crippen LogP contribution in [0.5, 0.6) is 0 Å². The van der Waals surface area contributed by atoms with Crippen LogP contribution in [0.15, 0.2) is 41.4 Å². The third-order valence-electron chi connectivity index (χ3n) is 4.19. The number of benzene rings is 1. The molecule has 2 heterocycles. The van der Waals surface area contributed by atoms with Gasteiger partial charge in [0.05, 0.1) is 11.1 Å². The Kier molecular flexibility index (Phi) is 5.36. The van der Waals surface area contributed by atoms with E-state index in [1.807, 2.05) is 13.0 Å². The van der Waals surface area contributed by atoms with Crippen molar-refractivity contribution in [3.8, 4) is 0 Å². The van der Waals surface area contributed by atoms with E-state index in [-0.39, 0.29) is 16.0 Å². The van der Waals surface area contributed by atoms with E-state index in [0.29, 0.717) is 5.65 Å². The van der Waals surface area contributed by atoms with Gasteiger partial charge in [0.2, 0.25) is 10.0 Å². The summed E-state index contributed by atoms with van der Waals surface area (Å²) >= 11 is 0. The molecule has 0 saturated heterocycles. The number of aromatic nitrogens is 3. The minimum absolute atomic E-state index is 0.0285. The Labute approximate surface area is 167 Å². The van der Waals surface area contributed by atoms with Gasteiger partial charge in [-0.05, 0) is 38.1 Å². The molecule has 2 N–H and O–H groups in total. The van der Waals surface area contributed by atoms with Crippen molar-refractivity contribution in [1.82, 2.24) is 29.8 Å². The summed E-state index contributed by atoms with van der Waals surface area (Å²) in [6, 6.07) is 7.35. The molecule has 0 aliphatic heterocycles. The van der Waals surface area contributed by atoms with Crippen LogP contribution in [0.3, 0.4) is 0 Å². The lowest BCUT2D eigenvalue weighted by molar-refractivity contribution is 0.0847. The van der Waals surface area contributed by atoms with Gasteiger partial charge in [-0.25, -0.2) is 22.2 Å². The molecule has 10 nitrogen and oxygen atoms in total. The SMILES string of the molecule is Cc1cc(C)n2ncc(C(=O)NNC(=O)c3cccc(S(=O)(=O)N(C)C)c3)c2n1. The molecular weight excluding hydrogens is 396 g/mol. The zero-order chi connectivity index (χ0) is 21.3. The second kappa shape index (κ2) is 7.60. The van der Waals surface area contributed by atoms with Crippen LogP contribution in [0.4, 0.5) is 0 Å². The molecule has 0 aliphatic carbocycles. The zero-order valence-corrected chi connectivity index (χ0v) is 17.1. The first-order valence-corrected chi connectivity index (χ1v) is 10.0. The van der Waals surface area contributed by atoms with Crippen molar-refractivity contribution in [2.24, 2.45) is 0 Å². The van der Waals surface area contributed by atoms with Gasteiger partial charge in [-0.1, -0.05) is 6.07 Å². The molecule has 1 aromatic carbocycles. The molecule has 0 spiro atoms. The van der Waals surface area contributed by atoms with Gasteiger partial charge in [0, 0.05) is 31.0 Å². The van der Waals surface area contributed by atoms with E-state index < -0.39 is 21.8 Å². The van der Waals surface area contributed by atoms with E-state index in [2.05, 4.69) is 20.9 Å². The third-order valence-corrected chi connectivity index (χ3v) is 6.00. The normalized spacial score (nSPS) is 11.6. The molecule has 0 aliphatic rings. The largest absolute Gasteiger partial charge is 0.275 e. The maximum atomic E-state index is 12.5. The highest BCUT2D eigenvalue weighted by molar-refractivity contribution is 7.89. The first kappa shape index (κ1) is 20.4. The van der Waals surface area contributed by atoms with Crippen LogP contribution in [-0.4, -0.2) is 53.2 Å². The standard InChI is InChI=1S/C18H20N6O4S/c1-11-8-12(2)24-16(20-11)15(10-19-24)18(26)22-21-17(25)13-6-5-7-14(9-13)29(27,28)23(3)4/h5-10H,1-4H3,(H,21,25)(H,22,26). The lowest BCUT2D eigenvalue weighted by Gasteiger charge is -2.12. The van der Waals surface area contributed by atoms with Crippen LogP contribution in [0, 0.1) is 13.8 Å². The van der Waals surface area contributed by atoms with Crippen LogP contribution in [0.25, 0.3) is 5.65 Å². The van der Waals surface area contributed by atoms with Crippen molar-refractivity contribution in [3.05, 3.63) is 59.0 Å². The van der Waals surface area contributed by atoms with Crippen LogP contribution in [0.2, 0.25) is 0 Å². The number of nitrogens with zero attached hydrogens (tertiary/aromatic N) is 4. The van der Waals surface area contributed by atoms with Crippen molar-refractivity contribution >= 4 is 27.5 Å².